The van der Waals surface area contributed by atoms with Gasteiger partial charge in [-0.2, -0.15) is 5.10 Å². The molecule has 1 aliphatic heterocycles. The monoisotopic (exact) mass is 259 g/mol. The van der Waals surface area contributed by atoms with Crippen LogP contribution in [0.25, 0.3) is 11.1 Å². The molecule has 0 spiro atoms. The van der Waals surface area contributed by atoms with Crippen molar-refractivity contribution in [3.63, 3.8) is 0 Å². The summed E-state index contributed by atoms with van der Waals surface area (Å²) in [6.45, 7) is 3.49. The molecular weight excluding hydrogens is 242 g/mol. The number of nitrogens with one attached hydrogen (secondary N) is 1. The second-order valence-corrected chi connectivity index (χ2v) is 4.56. The van der Waals surface area contributed by atoms with Crippen molar-refractivity contribution in [2.75, 3.05) is 18.9 Å². The Morgan fingerprint density at radius 2 is 1.95 bits per heavy atom. The highest BCUT2D eigenvalue weighted by atomic mass is 16.5. The SMILES string of the molecule is CCc1cc2c(cc1-c1cn[nH]c1N)OCCCO2. The molecule has 1 aromatic carbocycles. The van der Waals surface area contributed by atoms with Crippen LogP contribution in [0.2, 0.25) is 0 Å². The Morgan fingerprint density at radius 1 is 1.21 bits per heavy atom. The molecule has 2 heterocycles. The number of hydrogen-bond donors (Lipinski definition) is 2. The summed E-state index contributed by atoms with van der Waals surface area (Å²) in [6, 6.07) is 4.04. The first-order valence-corrected chi connectivity index (χ1v) is 6.51. The van der Waals surface area contributed by atoms with Crippen molar-refractivity contribution < 1.29 is 9.47 Å². The number of nitrogen functional groups attached to an aromatic ring is 1. The second-order valence-electron chi connectivity index (χ2n) is 4.56. The van der Waals surface area contributed by atoms with Gasteiger partial charge in [0.25, 0.3) is 0 Å². The summed E-state index contributed by atoms with van der Waals surface area (Å²) in [5.41, 5.74) is 9.05. The number of H-pyrrole nitrogens is 1. The van der Waals surface area contributed by atoms with E-state index in [0.29, 0.717) is 19.0 Å². The fourth-order valence-electron chi connectivity index (χ4n) is 2.30. The smallest absolute Gasteiger partial charge is 0.161 e. The van der Waals surface area contributed by atoms with Gasteiger partial charge in [0.15, 0.2) is 11.5 Å². The van der Waals surface area contributed by atoms with Crippen molar-refractivity contribution >= 4 is 5.82 Å². The standard InChI is InChI=1S/C14H17N3O2/c1-2-9-6-12-13(19-5-3-4-18-12)7-10(9)11-8-16-17-14(11)15/h6-8H,2-5H2,1H3,(H3,15,16,17). The van der Waals surface area contributed by atoms with Gasteiger partial charge < -0.3 is 15.2 Å². The van der Waals surface area contributed by atoms with E-state index in [-0.39, 0.29) is 0 Å². The minimum atomic E-state index is 0.573. The van der Waals surface area contributed by atoms with Crippen molar-refractivity contribution in [3.8, 4) is 22.6 Å². The molecule has 0 aliphatic carbocycles. The predicted octanol–water partition coefficient (Wildman–Crippen LogP) is 2.38. The summed E-state index contributed by atoms with van der Waals surface area (Å²) in [4.78, 5) is 0. The number of aromatic amines is 1. The van der Waals surface area contributed by atoms with Gasteiger partial charge in [-0.1, -0.05) is 6.92 Å². The van der Waals surface area contributed by atoms with Crippen LogP contribution in [0.1, 0.15) is 18.9 Å². The molecular formula is C14H17N3O2. The van der Waals surface area contributed by atoms with E-state index >= 15 is 0 Å². The van der Waals surface area contributed by atoms with Gasteiger partial charge in [-0.15, -0.1) is 0 Å². The van der Waals surface area contributed by atoms with Gasteiger partial charge in [-0.05, 0) is 29.7 Å². The first kappa shape index (κ1) is 11.9. The van der Waals surface area contributed by atoms with Crippen LogP contribution in [0, 0.1) is 0 Å². The Kier molecular flexibility index (Phi) is 3.03. The molecule has 0 saturated carbocycles. The van der Waals surface area contributed by atoms with Crippen LogP contribution in [-0.2, 0) is 6.42 Å². The molecule has 1 aliphatic rings. The fourth-order valence-corrected chi connectivity index (χ4v) is 2.30. The normalized spacial score (nSPS) is 14.2. The maximum atomic E-state index is 5.91. The third kappa shape index (κ3) is 2.12. The third-order valence-corrected chi connectivity index (χ3v) is 3.31. The zero-order valence-electron chi connectivity index (χ0n) is 10.9. The highest BCUT2D eigenvalue weighted by Gasteiger charge is 2.17. The molecule has 3 rings (SSSR count). The van der Waals surface area contributed by atoms with Crippen molar-refractivity contribution in [1.29, 1.82) is 0 Å². The molecule has 0 amide bonds. The van der Waals surface area contributed by atoms with Crippen LogP contribution in [0.3, 0.4) is 0 Å². The predicted molar refractivity (Wildman–Crippen MR) is 73.4 cm³/mol. The van der Waals surface area contributed by atoms with E-state index in [1.54, 1.807) is 6.20 Å². The molecule has 2 aromatic rings. The van der Waals surface area contributed by atoms with Crippen molar-refractivity contribution in [2.24, 2.45) is 0 Å². The van der Waals surface area contributed by atoms with Crippen molar-refractivity contribution in [3.05, 3.63) is 23.9 Å². The Hall–Kier alpha value is -2.17. The number of rotatable bonds is 2. The Labute approximate surface area is 111 Å². The quantitative estimate of drug-likeness (QED) is 0.868. The largest absolute Gasteiger partial charge is 0.490 e. The molecule has 0 unspecified atom stereocenters. The number of nitrogens with two attached hydrogens (primary N) is 1. The van der Waals surface area contributed by atoms with E-state index in [2.05, 4.69) is 17.1 Å². The van der Waals surface area contributed by atoms with Crippen molar-refractivity contribution in [2.45, 2.75) is 19.8 Å². The number of anilines is 1. The van der Waals surface area contributed by atoms with E-state index < -0.39 is 0 Å². The Morgan fingerprint density at radius 3 is 2.58 bits per heavy atom. The lowest BCUT2D eigenvalue weighted by Crippen LogP contribution is -1.97. The number of fused-ring (bicyclic) bond motifs is 1. The Bertz CT molecular complexity index is 592. The summed E-state index contributed by atoms with van der Waals surface area (Å²) in [6.07, 6.45) is 3.55. The number of nitrogens with zero attached hydrogens (tertiary/aromatic N) is 1. The van der Waals surface area contributed by atoms with Gasteiger partial charge >= 0.3 is 0 Å². The highest BCUT2D eigenvalue weighted by molar-refractivity contribution is 5.78. The Balaban J connectivity index is 2.13. The van der Waals surface area contributed by atoms with Gasteiger partial charge in [0.2, 0.25) is 0 Å². The summed E-state index contributed by atoms with van der Waals surface area (Å²) >= 11 is 0. The minimum Gasteiger partial charge on any atom is -0.490 e. The fraction of sp³-hybridized carbons (Fsp3) is 0.357. The maximum Gasteiger partial charge on any atom is 0.161 e. The van der Waals surface area contributed by atoms with Crippen LogP contribution >= 0.6 is 0 Å². The van der Waals surface area contributed by atoms with Gasteiger partial charge in [0.1, 0.15) is 5.82 Å². The number of benzene rings is 1. The minimum absolute atomic E-state index is 0.573. The van der Waals surface area contributed by atoms with E-state index in [4.69, 9.17) is 15.2 Å². The van der Waals surface area contributed by atoms with E-state index in [1.165, 1.54) is 5.56 Å². The zero-order chi connectivity index (χ0) is 13.2. The number of hydrogen-bond acceptors (Lipinski definition) is 4. The summed E-state index contributed by atoms with van der Waals surface area (Å²) in [5.74, 6) is 2.18. The molecule has 0 bridgehead atoms. The number of aromatic nitrogens is 2. The highest BCUT2D eigenvalue weighted by Crippen LogP contribution is 2.38. The molecule has 3 N–H and O–H groups in total. The van der Waals surface area contributed by atoms with Gasteiger partial charge in [0, 0.05) is 12.0 Å². The average molecular weight is 259 g/mol. The summed E-state index contributed by atoms with van der Waals surface area (Å²) in [7, 11) is 0. The summed E-state index contributed by atoms with van der Waals surface area (Å²) < 4.78 is 11.4. The molecule has 5 heteroatoms. The number of aryl methyl sites for hydroxylation is 1. The first-order chi connectivity index (χ1) is 9.29. The molecule has 5 nitrogen and oxygen atoms in total. The molecule has 1 aromatic heterocycles. The van der Waals surface area contributed by atoms with Crippen LogP contribution < -0.4 is 15.2 Å². The summed E-state index contributed by atoms with van der Waals surface area (Å²) in [5, 5.41) is 6.75. The topological polar surface area (TPSA) is 73.2 Å². The lowest BCUT2D eigenvalue weighted by atomic mass is 9.99. The second kappa shape index (κ2) is 4.84. The van der Waals surface area contributed by atoms with Gasteiger partial charge in [-0.25, -0.2) is 0 Å². The first-order valence-electron chi connectivity index (χ1n) is 6.51. The van der Waals surface area contributed by atoms with Gasteiger partial charge in [-0.3, -0.25) is 5.10 Å². The molecule has 0 atom stereocenters. The van der Waals surface area contributed by atoms with Crippen LogP contribution in [0.4, 0.5) is 5.82 Å². The van der Waals surface area contributed by atoms with E-state index in [0.717, 1.165) is 35.5 Å². The van der Waals surface area contributed by atoms with Crippen LogP contribution in [-0.4, -0.2) is 23.4 Å². The lowest BCUT2D eigenvalue weighted by Gasteiger charge is -2.13. The van der Waals surface area contributed by atoms with E-state index in [1.807, 2.05) is 12.1 Å². The zero-order valence-corrected chi connectivity index (χ0v) is 10.9. The molecule has 0 saturated heterocycles. The van der Waals surface area contributed by atoms with Crippen LogP contribution in [0.15, 0.2) is 18.3 Å². The van der Waals surface area contributed by atoms with Gasteiger partial charge in [0.05, 0.1) is 19.4 Å². The molecule has 100 valence electrons. The van der Waals surface area contributed by atoms with Crippen molar-refractivity contribution in [1.82, 2.24) is 10.2 Å². The molecule has 19 heavy (non-hydrogen) atoms. The van der Waals surface area contributed by atoms with Crippen LogP contribution in [0.5, 0.6) is 11.5 Å². The third-order valence-electron chi connectivity index (χ3n) is 3.31. The number of ether oxygens (including phenoxy) is 2. The average Bonchev–Trinajstić information content (AvgIpc) is 2.72. The molecule has 0 radical (unpaired) electrons. The molecule has 0 fully saturated rings. The van der Waals surface area contributed by atoms with E-state index in [9.17, 15) is 0 Å². The lowest BCUT2D eigenvalue weighted by molar-refractivity contribution is 0.297. The maximum absolute atomic E-state index is 5.91.